The molecule has 2 aromatic rings. The summed E-state index contributed by atoms with van der Waals surface area (Å²) in [6.07, 6.45) is 2.30. The summed E-state index contributed by atoms with van der Waals surface area (Å²) >= 11 is 0. The topological polar surface area (TPSA) is 115 Å². The second-order valence-electron chi connectivity index (χ2n) is 9.85. The van der Waals surface area contributed by atoms with E-state index in [1.54, 1.807) is 6.92 Å². The van der Waals surface area contributed by atoms with E-state index >= 15 is 4.39 Å². The lowest BCUT2D eigenvalue weighted by molar-refractivity contribution is 0.0694. The van der Waals surface area contributed by atoms with E-state index in [2.05, 4.69) is 0 Å². The molecule has 1 aromatic heterocycles. The first-order valence-electron chi connectivity index (χ1n) is 10.7. The van der Waals surface area contributed by atoms with Gasteiger partial charge in [0, 0.05) is 31.2 Å². The Bertz CT molecular complexity index is 1240. The minimum absolute atomic E-state index is 0.153. The number of alkyl halides is 1. The van der Waals surface area contributed by atoms with Crippen molar-refractivity contribution in [2.45, 2.75) is 43.9 Å². The molecule has 6 rings (SSSR count). The molecule has 5 N–H and O–H groups in total. The molecule has 3 saturated carbocycles. The molecule has 1 aliphatic heterocycles. The highest BCUT2D eigenvalue weighted by molar-refractivity contribution is 6.01. The van der Waals surface area contributed by atoms with Crippen LogP contribution in [-0.4, -0.2) is 40.4 Å². The van der Waals surface area contributed by atoms with Gasteiger partial charge in [-0.3, -0.25) is 4.79 Å². The average molecular weight is 430 g/mol. The standard InChI is InChI=1S/C22H24F2N4O3/c1-8-18-15(20(29)11(21(30)31)6-28(18)14-3-13(14)23)17(25)16(24)19(8)27-5-9-2-10-4-22(10,26)12(9)7-27/h6,9-10,12-14H,2-5,7,25-26H2,1H3,(H,30,31)/t9?,10?,12?,13-,14+,22?/m0/s1. The van der Waals surface area contributed by atoms with Gasteiger partial charge in [-0.1, -0.05) is 0 Å². The Morgan fingerprint density at radius 2 is 2.03 bits per heavy atom. The Balaban J connectivity index is 1.57. The molecule has 7 nitrogen and oxygen atoms in total. The number of carboxylic acids is 1. The zero-order valence-corrected chi connectivity index (χ0v) is 17.1. The highest BCUT2D eigenvalue weighted by atomic mass is 19.1. The summed E-state index contributed by atoms with van der Waals surface area (Å²) in [5, 5.41) is 9.27. The van der Waals surface area contributed by atoms with Gasteiger partial charge in [0.1, 0.15) is 11.7 Å². The maximum Gasteiger partial charge on any atom is 0.341 e. The molecule has 4 fully saturated rings. The fourth-order valence-corrected chi connectivity index (χ4v) is 6.40. The molecule has 31 heavy (non-hydrogen) atoms. The molecule has 6 atom stereocenters. The third-order valence-corrected chi connectivity index (χ3v) is 8.16. The smallest absolute Gasteiger partial charge is 0.341 e. The number of aromatic carboxylic acids is 1. The first-order chi connectivity index (χ1) is 14.6. The molecule has 164 valence electrons. The van der Waals surface area contributed by atoms with E-state index in [-0.39, 0.29) is 23.0 Å². The Morgan fingerprint density at radius 1 is 1.32 bits per heavy atom. The van der Waals surface area contributed by atoms with Crippen LogP contribution >= 0.6 is 0 Å². The van der Waals surface area contributed by atoms with Gasteiger partial charge in [-0.25, -0.2) is 13.6 Å². The van der Waals surface area contributed by atoms with Crippen LogP contribution in [0.15, 0.2) is 11.0 Å². The number of hydrogen-bond donors (Lipinski definition) is 3. The van der Waals surface area contributed by atoms with Crippen LogP contribution in [0.3, 0.4) is 0 Å². The summed E-state index contributed by atoms with van der Waals surface area (Å²) < 4.78 is 31.1. The van der Waals surface area contributed by atoms with Gasteiger partial charge in [-0.05, 0) is 43.1 Å². The van der Waals surface area contributed by atoms with Crippen molar-refractivity contribution in [2.24, 2.45) is 23.5 Å². The summed E-state index contributed by atoms with van der Waals surface area (Å²) in [7, 11) is 0. The van der Waals surface area contributed by atoms with Crippen LogP contribution in [0.2, 0.25) is 0 Å². The molecule has 1 saturated heterocycles. The Labute approximate surface area is 176 Å². The van der Waals surface area contributed by atoms with E-state index in [1.165, 1.54) is 10.8 Å². The second kappa shape index (κ2) is 5.76. The number of carbonyl (C=O) groups is 1. The fraction of sp³-hybridized carbons (Fsp3) is 0.545. The molecule has 9 heteroatoms. The summed E-state index contributed by atoms with van der Waals surface area (Å²) in [5.74, 6) is -0.911. The summed E-state index contributed by atoms with van der Waals surface area (Å²) in [6, 6.07) is -0.588. The van der Waals surface area contributed by atoms with Gasteiger partial charge in [0.2, 0.25) is 5.43 Å². The van der Waals surface area contributed by atoms with Gasteiger partial charge in [0.05, 0.1) is 28.3 Å². The first-order valence-corrected chi connectivity index (χ1v) is 10.7. The third-order valence-electron chi connectivity index (χ3n) is 8.16. The number of benzene rings is 1. The van der Waals surface area contributed by atoms with Crippen molar-refractivity contribution >= 4 is 28.2 Å². The van der Waals surface area contributed by atoms with Crippen molar-refractivity contribution in [2.75, 3.05) is 23.7 Å². The molecular formula is C22H24F2N4O3. The molecular weight excluding hydrogens is 406 g/mol. The summed E-state index contributed by atoms with van der Waals surface area (Å²) in [6.45, 7) is 2.97. The monoisotopic (exact) mass is 430 g/mol. The zero-order valence-electron chi connectivity index (χ0n) is 17.1. The lowest BCUT2D eigenvalue weighted by Crippen LogP contribution is -2.35. The first kappa shape index (κ1) is 19.0. The van der Waals surface area contributed by atoms with Gasteiger partial charge < -0.3 is 26.0 Å². The molecule has 0 radical (unpaired) electrons. The van der Waals surface area contributed by atoms with E-state index in [9.17, 15) is 19.1 Å². The molecule has 1 aromatic carbocycles. The van der Waals surface area contributed by atoms with Gasteiger partial charge in [0.25, 0.3) is 0 Å². The maximum absolute atomic E-state index is 15.6. The number of carboxylic acid groups (broad SMARTS) is 1. The van der Waals surface area contributed by atoms with E-state index in [0.717, 1.165) is 12.8 Å². The number of hydrogen-bond acceptors (Lipinski definition) is 5. The van der Waals surface area contributed by atoms with E-state index in [0.29, 0.717) is 47.6 Å². The molecule has 3 aliphatic carbocycles. The molecule has 0 amide bonds. The highest BCUT2D eigenvalue weighted by Gasteiger charge is 2.66. The van der Waals surface area contributed by atoms with Crippen LogP contribution in [0, 0.1) is 30.5 Å². The van der Waals surface area contributed by atoms with Crippen LogP contribution in [0.25, 0.3) is 10.9 Å². The van der Waals surface area contributed by atoms with E-state index < -0.39 is 35.0 Å². The molecule has 0 spiro atoms. The van der Waals surface area contributed by atoms with Crippen molar-refractivity contribution in [1.82, 2.24) is 4.57 Å². The van der Waals surface area contributed by atoms with Crippen LogP contribution < -0.4 is 21.8 Å². The minimum atomic E-state index is -1.45. The van der Waals surface area contributed by atoms with Crippen molar-refractivity contribution in [3.05, 3.63) is 33.4 Å². The quantitative estimate of drug-likeness (QED) is 0.643. The molecule has 2 heterocycles. The predicted octanol–water partition coefficient (Wildman–Crippen LogP) is 2.19. The lowest BCUT2D eigenvalue weighted by Gasteiger charge is -2.26. The van der Waals surface area contributed by atoms with Crippen molar-refractivity contribution in [3.63, 3.8) is 0 Å². The van der Waals surface area contributed by atoms with Crippen LogP contribution in [0.1, 0.15) is 41.2 Å². The fourth-order valence-electron chi connectivity index (χ4n) is 6.40. The van der Waals surface area contributed by atoms with Crippen molar-refractivity contribution in [3.8, 4) is 0 Å². The van der Waals surface area contributed by atoms with Gasteiger partial charge in [-0.2, -0.15) is 0 Å². The Kier molecular flexibility index (Phi) is 3.54. The summed E-state index contributed by atoms with van der Waals surface area (Å²) in [5.41, 5.74) is 11.8. The van der Waals surface area contributed by atoms with Gasteiger partial charge in [-0.15, -0.1) is 0 Å². The normalized spacial score (nSPS) is 35.4. The SMILES string of the molecule is Cc1c(N2CC3CC4CC4(N)C3C2)c(F)c(N)c2c(=O)c(C(=O)O)cn([C@@H]3C[C@@H]3F)c12. The number of nitrogen functional groups attached to an aromatic ring is 1. The van der Waals surface area contributed by atoms with Gasteiger partial charge in [0.15, 0.2) is 5.82 Å². The number of aromatic nitrogens is 1. The average Bonchev–Trinajstić information content (AvgIpc) is 3.49. The van der Waals surface area contributed by atoms with Crippen molar-refractivity contribution < 1.29 is 18.7 Å². The Hall–Kier alpha value is -2.68. The number of aryl methyl sites for hydroxylation is 1. The predicted molar refractivity (Wildman–Crippen MR) is 112 cm³/mol. The maximum atomic E-state index is 15.6. The number of halogens is 2. The number of fused-ring (bicyclic) bond motifs is 4. The van der Waals surface area contributed by atoms with Crippen LogP contribution in [-0.2, 0) is 0 Å². The number of pyridine rings is 1. The number of nitrogens with zero attached hydrogens (tertiary/aromatic N) is 2. The van der Waals surface area contributed by atoms with Crippen LogP contribution in [0.5, 0.6) is 0 Å². The van der Waals surface area contributed by atoms with Crippen LogP contribution in [0.4, 0.5) is 20.2 Å². The zero-order chi connectivity index (χ0) is 22.0. The second-order valence-corrected chi connectivity index (χ2v) is 9.85. The Morgan fingerprint density at radius 3 is 2.65 bits per heavy atom. The number of rotatable bonds is 3. The van der Waals surface area contributed by atoms with E-state index in [1.807, 2.05) is 4.90 Å². The summed E-state index contributed by atoms with van der Waals surface area (Å²) in [4.78, 5) is 26.5. The highest BCUT2D eigenvalue weighted by Crippen LogP contribution is 2.62. The molecule has 0 bridgehead atoms. The minimum Gasteiger partial charge on any atom is -0.477 e. The number of nitrogens with two attached hydrogens (primary N) is 2. The lowest BCUT2D eigenvalue weighted by atomic mass is 9.92. The molecule has 4 aliphatic rings. The van der Waals surface area contributed by atoms with E-state index in [4.69, 9.17) is 11.5 Å². The third kappa shape index (κ3) is 2.35. The van der Waals surface area contributed by atoms with Gasteiger partial charge >= 0.3 is 5.97 Å². The number of anilines is 2. The molecule has 4 unspecified atom stereocenters. The van der Waals surface area contributed by atoms with Crippen molar-refractivity contribution in [1.29, 1.82) is 0 Å². The largest absolute Gasteiger partial charge is 0.477 e.